The van der Waals surface area contributed by atoms with Gasteiger partial charge in [0.2, 0.25) is 11.1 Å². The van der Waals surface area contributed by atoms with Crippen LogP contribution in [0.15, 0.2) is 65.0 Å². The Balaban J connectivity index is 1.71. The molecule has 1 aromatic heterocycles. The second-order valence-corrected chi connectivity index (χ2v) is 10.1. The third kappa shape index (κ3) is 6.28. The molecule has 0 saturated heterocycles. The number of nitrogens with zero attached hydrogens (tertiary/aromatic N) is 3. The first-order chi connectivity index (χ1) is 17.9. The maximum Gasteiger partial charge on any atom is 0.255 e. The number of ether oxygens (including phenoxy) is 2. The fourth-order valence-electron chi connectivity index (χ4n) is 4.14. The van der Waals surface area contributed by atoms with Crippen molar-refractivity contribution < 1.29 is 14.3 Å². The van der Waals surface area contributed by atoms with Crippen LogP contribution in [-0.4, -0.2) is 39.1 Å². The van der Waals surface area contributed by atoms with Crippen molar-refractivity contribution in [1.82, 2.24) is 14.8 Å². The first kappa shape index (κ1) is 26.6. The minimum Gasteiger partial charge on any atom is -0.492 e. The van der Waals surface area contributed by atoms with E-state index in [4.69, 9.17) is 19.6 Å². The molecule has 1 aliphatic heterocycles. The summed E-state index contributed by atoms with van der Waals surface area (Å²) in [6, 6.07) is 14.8. The third-order valence-corrected chi connectivity index (χ3v) is 6.73. The lowest BCUT2D eigenvalue weighted by Crippen LogP contribution is -2.31. The van der Waals surface area contributed by atoms with Crippen molar-refractivity contribution in [2.75, 3.05) is 23.0 Å². The van der Waals surface area contributed by atoms with Gasteiger partial charge in [0.1, 0.15) is 17.5 Å². The Morgan fingerprint density at radius 2 is 1.92 bits per heavy atom. The molecule has 1 atom stereocenters. The molecule has 0 fully saturated rings. The topological polar surface area (TPSA) is 90.3 Å². The summed E-state index contributed by atoms with van der Waals surface area (Å²) in [6.07, 6.45) is 2.27. The second-order valence-electron chi connectivity index (χ2n) is 9.05. The number of hydrogen-bond acceptors (Lipinski definition) is 7. The zero-order chi connectivity index (χ0) is 26.4. The molecule has 0 spiro atoms. The highest BCUT2D eigenvalue weighted by Crippen LogP contribution is 2.38. The van der Waals surface area contributed by atoms with Crippen molar-refractivity contribution in [1.29, 1.82) is 0 Å². The van der Waals surface area contributed by atoms with Gasteiger partial charge in [-0.25, -0.2) is 4.68 Å². The maximum absolute atomic E-state index is 13.8. The van der Waals surface area contributed by atoms with Gasteiger partial charge in [-0.1, -0.05) is 49.4 Å². The first-order valence-electron chi connectivity index (χ1n) is 12.8. The molecule has 1 amide bonds. The Kier molecular flexibility index (Phi) is 8.76. The van der Waals surface area contributed by atoms with Gasteiger partial charge in [0.15, 0.2) is 0 Å². The highest BCUT2D eigenvalue weighted by molar-refractivity contribution is 7.99. The summed E-state index contributed by atoms with van der Waals surface area (Å²) in [7, 11) is 0. The summed E-state index contributed by atoms with van der Waals surface area (Å²) < 4.78 is 13.4. The van der Waals surface area contributed by atoms with Crippen LogP contribution in [0.5, 0.6) is 11.5 Å². The number of carbonyl (C=O) groups excluding carboxylic acids is 1. The molecule has 3 aromatic rings. The molecule has 37 heavy (non-hydrogen) atoms. The van der Waals surface area contributed by atoms with Gasteiger partial charge in [0.05, 0.1) is 24.0 Å². The standard InChI is InChI=1S/C28H35N5O3S/c1-6-8-17-37-28-31-27-29-19(5)24(26(34)30-22-11-9-10-12-23(22)35-7-2)25(33(27)32-28)20-13-15-21(16-14-20)36-18(3)4/h9-16,18,25H,6-8,17H2,1-5H3,(H,30,34)(H,29,31,32). The monoisotopic (exact) mass is 521 g/mol. The van der Waals surface area contributed by atoms with Crippen LogP contribution in [0.3, 0.4) is 0 Å². The third-order valence-electron chi connectivity index (χ3n) is 5.81. The molecule has 2 N–H and O–H groups in total. The molecule has 1 aliphatic rings. The SMILES string of the molecule is CCCCSc1nc2n(n1)C(c1ccc(OC(C)C)cc1)C(C(=O)Nc1ccccc1OCC)=C(C)N2. The van der Waals surface area contributed by atoms with Crippen molar-refractivity contribution in [3.05, 3.63) is 65.4 Å². The quantitative estimate of drug-likeness (QED) is 0.227. The van der Waals surface area contributed by atoms with E-state index >= 15 is 0 Å². The van der Waals surface area contributed by atoms with E-state index in [1.807, 2.05) is 80.9 Å². The van der Waals surface area contributed by atoms with E-state index < -0.39 is 6.04 Å². The number of allylic oxidation sites excluding steroid dienone is 1. The summed E-state index contributed by atoms with van der Waals surface area (Å²) in [4.78, 5) is 18.5. The molecule has 2 aromatic carbocycles. The number of rotatable bonds is 11. The van der Waals surface area contributed by atoms with Crippen molar-refractivity contribution in [3.63, 3.8) is 0 Å². The molecule has 0 aliphatic carbocycles. The molecular weight excluding hydrogens is 486 g/mol. The van der Waals surface area contributed by atoms with E-state index in [1.165, 1.54) is 0 Å². The van der Waals surface area contributed by atoms with Crippen LogP contribution < -0.4 is 20.1 Å². The fourth-order valence-corrected chi connectivity index (χ4v) is 5.06. The molecule has 0 radical (unpaired) electrons. The van der Waals surface area contributed by atoms with Gasteiger partial charge < -0.3 is 20.1 Å². The largest absolute Gasteiger partial charge is 0.492 e. The summed E-state index contributed by atoms with van der Waals surface area (Å²) >= 11 is 1.63. The second kappa shape index (κ2) is 12.2. The van der Waals surface area contributed by atoms with Gasteiger partial charge in [-0.2, -0.15) is 4.98 Å². The number of hydrogen-bond donors (Lipinski definition) is 2. The zero-order valence-corrected chi connectivity index (χ0v) is 22.9. The van der Waals surface area contributed by atoms with Crippen LogP contribution in [0.4, 0.5) is 11.6 Å². The zero-order valence-electron chi connectivity index (χ0n) is 22.1. The summed E-state index contributed by atoms with van der Waals surface area (Å²) in [5.74, 6) is 2.74. The van der Waals surface area contributed by atoms with Crippen LogP contribution in [-0.2, 0) is 4.79 Å². The van der Waals surface area contributed by atoms with Crippen LogP contribution in [0, 0.1) is 0 Å². The highest BCUT2D eigenvalue weighted by Gasteiger charge is 2.34. The van der Waals surface area contributed by atoms with Crippen LogP contribution in [0.2, 0.25) is 0 Å². The van der Waals surface area contributed by atoms with E-state index in [-0.39, 0.29) is 12.0 Å². The molecule has 1 unspecified atom stereocenters. The van der Waals surface area contributed by atoms with E-state index in [9.17, 15) is 4.79 Å². The number of amides is 1. The summed E-state index contributed by atoms with van der Waals surface area (Å²) in [5, 5.41) is 11.9. The fraction of sp³-hybridized carbons (Fsp3) is 0.393. The lowest BCUT2D eigenvalue weighted by atomic mass is 9.95. The van der Waals surface area contributed by atoms with Crippen LogP contribution in [0.1, 0.15) is 59.1 Å². The smallest absolute Gasteiger partial charge is 0.255 e. The van der Waals surface area contributed by atoms with E-state index in [1.54, 1.807) is 11.8 Å². The molecule has 2 heterocycles. The Hall–Kier alpha value is -3.46. The predicted molar refractivity (Wildman–Crippen MR) is 149 cm³/mol. The Labute approximate surface area is 222 Å². The van der Waals surface area contributed by atoms with Crippen LogP contribution in [0.25, 0.3) is 0 Å². The summed E-state index contributed by atoms with van der Waals surface area (Å²) in [5.41, 5.74) is 2.82. The number of fused-ring (bicyclic) bond motifs is 1. The predicted octanol–water partition coefficient (Wildman–Crippen LogP) is 6.28. The number of para-hydroxylation sites is 2. The number of anilines is 2. The van der Waals surface area contributed by atoms with Gasteiger partial charge >= 0.3 is 0 Å². The van der Waals surface area contributed by atoms with Gasteiger partial charge in [-0.05, 0) is 63.9 Å². The van der Waals surface area contributed by atoms with Crippen molar-refractivity contribution in [2.24, 2.45) is 0 Å². The minimum atomic E-state index is -0.461. The number of unbranched alkanes of at least 4 members (excludes halogenated alkanes) is 1. The van der Waals surface area contributed by atoms with Gasteiger partial charge in [0, 0.05) is 11.4 Å². The van der Waals surface area contributed by atoms with Crippen molar-refractivity contribution in [3.8, 4) is 11.5 Å². The van der Waals surface area contributed by atoms with Crippen LogP contribution >= 0.6 is 11.8 Å². The Bertz CT molecular complexity index is 1250. The van der Waals surface area contributed by atoms with E-state index in [0.717, 1.165) is 35.6 Å². The van der Waals surface area contributed by atoms with Crippen molar-refractivity contribution in [2.45, 2.75) is 64.8 Å². The summed E-state index contributed by atoms with van der Waals surface area (Å²) in [6.45, 7) is 10.5. The lowest BCUT2D eigenvalue weighted by Gasteiger charge is -2.29. The van der Waals surface area contributed by atoms with Gasteiger partial charge in [-0.3, -0.25) is 4.79 Å². The number of carbonyl (C=O) groups is 1. The average molecular weight is 522 g/mol. The van der Waals surface area contributed by atoms with E-state index in [2.05, 4.69) is 17.6 Å². The average Bonchev–Trinajstić information content (AvgIpc) is 3.27. The molecule has 8 nitrogen and oxygen atoms in total. The number of thioether (sulfide) groups is 1. The maximum atomic E-state index is 13.8. The molecule has 0 saturated carbocycles. The lowest BCUT2D eigenvalue weighted by molar-refractivity contribution is -0.113. The normalized spacial score (nSPS) is 14.8. The molecule has 9 heteroatoms. The number of nitrogens with one attached hydrogen (secondary N) is 2. The Morgan fingerprint density at radius 3 is 2.62 bits per heavy atom. The van der Waals surface area contributed by atoms with Gasteiger partial charge in [0.25, 0.3) is 5.91 Å². The molecule has 4 rings (SSSR count). The highest BCUT2D eigenvalue weighted by atomic mass is 32.2. The number of aromatic nitrogens is 3. The minimum absolute atomic E-state index is 0.0724. The van der Waals surface area contributed by atoms with E-state index in [0.29, 0.717) is 34.7 Å². The number of benzene rings is 2. The molecule has 196 valence electrons. The Morgan fingerprint density at radius 1 is 1.16 bits per heavy atom. The first-order valence-corrected chi connectivity index (χ1v) is 13.8. The molecular formula is C28H35N5O3S. The van der Waals surface area contributed by atoms with Crippen molar-refractivity contribution >= 4 is 29.3 Å². The van der Waals surface area contributed by atoms with Gasteiger partial charge in [-0.15, -0.1) is 5.10 Å². The molecule has 0 bridgehead atoms.